The van der Waals surface area contributed by atoms with Crippen molar-refractivity contribution in [2.24, 2.45) is 5.41 Å². The van der Waals surface area contributed by atoms with Crippen LogP contribution in [0.25, 0.3) is 0 Å². The van der Waals surface area contributed by atoms with Gasteiger partial charge in [0.15, 0.2) is 9.84 Å². The Bertz CT molecular complexity index is 854. The smallest absolute Gasteiger partial charge is 0.181 e. The molecule has 2 aromatic carbocycles. The summed E-state index contributed by atoms with van der Waals surface area (Å²) in [6, 6.07) is 15.4. The van der Waals surface area contributed by atoms with Gasteiger partial charge in [0.25, 0.3) is 0 Å². The SMILES string of the molecule is CCC1(C)CN(c2ccccc2)c2cc(Br)ccc2S(=O)(=O)C1.CCCC.CO. The van der Waals surface area contributed by atoms with Gasteiger partial charge in [0.1, 0.15) is 0 Å². The van der Waals surface area contributed by atoms with Crippen LogP contribution in [0.1, 0.15) is 47.0 Å². The van der Waals surface area contributed by atoms with Crippen LogP contribution in [-0.2, 0) is 9.84 Å². The predicted molar refractivity (Wildman–Crippen MR) is 127 cm³/mol. The van der Waals surface area contributed by atoms with Crippen molar-refractivity contribution < 1.29 is 13.5 Å². The molecule has 0 amide bonds. The summed E-state index contributed by atoms with van der Waals surface area (Å²) in [5.41, 5.74) is 1.48. The van der Waals surface area contributed by atoms with E-state index in [1.807, 2.05) is 36.4 Å². The van der Waals surface area contributed by atoms with E-state index in [2.05, 4.69) is 48.5 Å². The van der Waals surface area contributed by atoms with E-state index in [1.165, 1.54) is 12.8 Å². The van der Waals surface area contributed by atoms with Crippen molar-refractivity contribution >= 4 is 37.1 Å². The number of rotatable bonds is 3. The summed E-state index contributed by atoms with van der Waals surface area (Å²) in [7, 11) is -2.32. The van der Waals surface area contributed by atoms with Gasteiger partial charge in [0.05, 0.1) is 16.3 Å². The Labute approximate surface area is 185 Å². The molecule has 4 nitrogen and oxygen atoms in total. The molecule has 1 atom stereocenters. The maximum Gasteiger partial charge on any atom is 0.181 e. The Morgan fingerprint density at radius 1 is 1.03 bits per heavy atom. The van der Waals surface area contributed by atoms with Gasteiger partial charge in [-0.2, -0.15) is 0 Å². The fraction of sp³-hybridized carbons (Fsp3) is 0.478. The Hall–Kier alpha value is -1.37. The average Bonchev–Trinajstić information content (AvgIpc) is 2.82. The van der Waals surface area contributed by atoms with Crippen LogP contribution < -0.4 is 4.90 Å². The molecular weight excluding hydrogens is 450 g/mol. The number of aliphatic hydroxyl groups excluding tert-OH is 1. The number of halogens is 1. The van der Waals surface area contributed by atoms with Crippen molar-refractivity contribution in [1.29, 1.82) is 0 Å². The number of hydrogen-bond acceptors (Lipinski definition) is 4. The van der Waals surface area contributed by atoms with Crippen LogP contribution in [0.5, 0.6) is 0 Å². The lowest BCUT2D eigenvalue weighted by Crippen LogP contribution is -2.35. The van der Waals surface area contributed by atoms with Crippen molar-refractivity contribution in [2.75, 3.05) is 24.3 Å². The summed E-state index contributed by atoms with van der Waals surface area (Å²) in [5, 5.41) is 7.00. The lowest BCUT2D eigenvalue weighted by Gasteiger charge is -2.33. The zero-order chi connectivity index (χ0) is 22.1. The molecule has 1 heterocycles. The summed E-state index contributed by atoms with van der Waals surface area (Å²) in [6.45, 7) is 9.15. The summed E-state index contributed by atoms with van der Waals surface area (Å²) in [5.74, 6) is 0.175. The van der Waals surface area contributed by atoms with E-state index >= 15 is 0 Å². The molecule has 162 valence electrons. The molecule has 0 saturated heterocycles. The molecule has 29 heavy (non-hydrogen) atoms. The van der Waals surface area contributed by atoms with Crippen molar-refractivity contribution in [3.63, 3.8) is 0 Å². The van der Waals surface area contributed by atoms with Gasteiger partial charge in [0.2, 0.25) is 0 Å². The lowest BCUT2D eigenvalue weighted by atomic mass is 9.89. The summed E-state index contributed by atoms with van der Waals surface area (Å²) in [6.07, 6.45) is 3.45. The zero-order valence-electron chi connectivity index (χ0n) is 18.2. The monoisotopic (exact) mass is 483 g/mol. The molecule has 1 unspecified atom stereocenters. The van der Waals surface area contributed by atoms with Gasteiger partial charge in [-0.3, -0.25) is 0 Å². The molecule has 1 aliphatic rings. The second kappa shape index (κ2) is 11.7. The van der Waals surface area contributed by atoms with Gasteiger partial charge in [-0.15, -0.1) is 0 Å². The Balaban J connectivity index is 0.000000627. The quantitative estimate of drug-likeness (QED) is 0.563. The topological polar surface area (TPSA) is 57.6 Å². The minimum Gasteiger partial charge on any atom is -0.400 e. The Kier molecular flexibility index (Phi) is 10.4. The summed E-state index contributed by atoms with van der Waals surface area (Å²) < 4.78 is 26.7. The van der Waals surface area contributed by atoms with E-state index in [9.17, 15) is 8.42 Å². The third-order valence-corrected chi connectivity index (χ3v) is 7.63. The van der Waals surface area contributed by atoms with Crippen LogP contribution in [0.4, 0.5) is 11.4 Å². The van der Waals surface area contributed by atoms with Gasteiger partial charge < -0.3 is 10.0 Å². The fourth-order valence-corrected chi connectivity index (χ4v) is 5.55. The van der Waals surface area contributed by atoms with Crippen molar-refractivity contribution in [3.05, 3.63) is 53.0 Å². The molecule has 6 heteroatoms. The molecule has 0 aliphatic carbocycles. The maximum atomic E-state index is 12.9. The van der Waals surface area contributed by atoms with E-state index in [1.54, 1.807) is 12.1 Å². The number of nitrogens with zero attached hydrogens (tertiary/aromatic N) is 1. The second-order valence-corrected chi connectivity index (χ2v) is 10.3. The number of hydrogen-bond donors (Lipinski definition) is 1. The van der Waals surface area contributed by atoms with Gasteiger partial charge >= 0.3 is 0 Å². The highest BCUT2D eigenvalue weighted by Gasteiger charge is 2.38. The highest BCUT2D eigenvalue weighted by molar-refractivity contribution is 9.10. The van der Waals surface area contributed by atoms with E-state index in [4.69, 9.17) is 5.11 Å². The highest BCUT2D eigenvalue weighted by atomic mass is 79.9. The van der Waals surface area contributed by atoms with Crippen LogP contribution in [-0.4, -0.2) is 32.9 Å². The summed E-state index contributed by atoms with van der Waals surface area (Å²) in [4.78, 5) is 2.55. The minimum absolute atomic E-state index is 0.175. The van der Waals surface area contributed by atoms with Gasteiger partial charge in [-0.05, 0) is 42.2 Å². The molecule has 0 aromatic heterocycles. The van der Waals surface area contributed by atoms with Crippen LogP contribution in [0, 0.1) is 5.41 Å². The maximum absolute atomic E-state index is 12.9. The van der Waals surface area contributed by atoms with Crippen LogP contribution in [0.15, 0.2) is 57.9 Å². The van der Waals surface area contributed by atoms with Gasteiger partial charge in [-0.1, -0.05) is 74.7 Å². The first-order chi connectivity index (χ1) is 13.8. The van der Waals surface area contributed by atoms with E-state index in [0.717, 1.165) is 29.4 Å². The van der Waals surface area contributed by atoms with Crippen LogP contribution in [0.2, 0.25) is 0 Å². The predicted octanol–water partition coefficient (Wildman–Crippen LogP) is 6.21. The molecule has 0 spiro atoms. The van der Waals surface area contributed by atoms with Crippen molar-refractivity contribution in [1.82, 2.24) is 0 Å². The molecule has 0 saturated carbocycles. The molecule has 1 N–H and O–H groups in total. The fourth-order valence-electron chi connectivity index (χ4n) is 3.07. The molecule has 0 radical (unpaired) electrons. The number of unbranched alkanes of at least 4 members (excludes halogenated alkanes) is 1. The molecule has 3 rings (SSSR count). The van der Waals surface area contributed by atoms with Crippen molar-refractivity contribution in [2.45, 2.75) is 51.9 Å². The molecule has 2 aromatic rings. The second-order valence-electron chi connectivity index (χ2n) is 7.46. The first kappa shape index (κ1) is 25.7. The van der Waals surface area contributed by atoms with Crippen molar-refractivity contribution in [3.8, 4) is 0 Å². The highest BCUT2D eigenvalue weighted by Crippen LogP contribution is 2.42. The summed E-state index contributed by atoms with van der Waals surface area (Å²) >= 11 is 3.48. The number of benzene rings is 2. The normalized spacial score (nSPS) is 19.6. The number of sulfone groups is 1. The molecule has 1 aliphatic heterocycles. The van der Waals surface area contributed by atoms with E-state index < -0.39 is 9.84 Å². The number of aliphatic hydroxyl groups is 1. The minimum atomic E-state index is -3.32. The molecule has 0 bridgehead atoms. The Morgan fingerprint density at radius 2 is 1.62 bits per heavy atom. The third kappa shape index (κ3) is 6.83. The number of fused-ring (bicyclic) bond motifs is 1. The van der Waals surface area contributed by atoms with Crippen LogP contribution >= 0.6 is 15.9 Å². The average molecular weight is 485 g/mol. The molecular formula is C23H34BrNO3S. The number of para-hydroxylation sites is 1. The standard InChI is InChI=1S/C18H20BrNO2S.C4H10.CH4O/c1-3-18(2)12-20(15-7-5-4-6-8-15)16-11-14(19)9-10-17(16)23(21,22)13-18;1-3-4-2;1-2/h4-11H,3,12-13H2,1-2H3;3-4H2,1-2H3;2H,1H3. The van der Waals surface area contributed by atoms with E-state index in [-0.39, 0.29) is 11.2 Å². The largest absolute Gasteiger partial charge is 0.400 e. The van der Waals surface area contributed by atoms with E-state index in [0.29, 0.717) is 11.4 Å². The number of anilines is 2. The molecule has 0 fully saturated rings. The first-order valence-electron chi connectivity index (χ1n) is 10.1. The Morgan fingerprint density at radius 3 is 2.14 bits per heavy atom. The first-order valence-corrected chi connectivity index (χ1v) is 12.5. The van der Waals surface area contributed by atoms with Gasteiger partial charge in [-0.25, -0.2) is 8.42 Å². The lowest BCUT2D eigenvalue weighted by molar-refractivity contribution is 0.366. The van der Waals surface area contributed by atoms with Gasteiger partial charge in [0, 0.05) is 23.8 Å². The van der Waals surface area contributed by atoms with Crippen LogP contribution in [0.3, 0.4) is 0 Å². The third-order valence-electron chi connectivity index (χ3n) is 5.05. The zero-order valence-corrected chi connectivity index (χ0v) is 20.6.